The van der Waals surface area contributed by atoms with Gasteiger partial charge in [0.25, 0.3) is 0 Å². The molecule has 2 fully saturated rings. The predicted molar refractivity (Wildman–Crippen MR) is 100 cm³/mol. The number of ether oxygens (including phenoxy) is 1. The summed E-state index contributed by atoms with van der Waals surface area (Å²) in [6, 6.07) is 9.37. The van der Waals surface area contributed by atoms with Crippen molar-refractivity contribution in [2.24, 2.45) is 5.92 Å². The van der Waals surface area contributed by atoms with E-state index in [-0.39, 0.29) is 30.9 Å². The van der Waals surface area contributed by atoms with Gasteiger partial charge >= 0.3 is 18.4 Å². The zero-order chi connectivity index (χ0) is 22.9. The van der Waals surface area contributed by atoms with E-state index in [2.05, 4.69) is 6.92 Å². The van der Waals surface area contributed by atoms with Gasteiger partial charge in [0.15, 0.2) is 0 Å². The van der Waals surface area contributed by atoms with Gasteiger partial charge in [-0.05, 0) is 31.2 Å². The maximum absolute atomic E-state index is 11.7. The molecule has 3 rings (SSSR count). The highest BCUT2D eigenvalue weighted by Crippen LogP contribution is 2.20. The monoisotopic (exact) mass is 419 g/mol. The normalized spacial score (nSPS) is 18.9. The Morgan fingerprint density at radius 2 is 1.57 bits per heavy atom. The molecule has 1 aliphatic carbocycles. The SMILES string of the molecule is C[C@H]1CCC(=O)C1.C[C@H]1CCC(=O)N1C(=O)OCc1ccccc1.O=C=O.O=C=O. The molecular weight excluding hydrogens is 394 g/mol. The molecule has 1 aromatic rings. The second kappa shape index (κ2) is 15.5. The lowest BCUT2D eigenvalue weighted by Gasteiger charge is -2.18. The van der Waals surface area contributed by atoms with E-state index in [1.807, 2.05) is 37.3 Å². The summed E-state index contributed by atoms with van der Waals surface area (Å²) in [7, 11) is 0. The zero-order valence-corrected chi connectivity index (χ0v) is 17.0. The summed E-state index contributed by atoms with van der Waals surface area (Å²) in [5.41, 5.74) is 0.917. The average molecular weight is 419 g/mol. The molecule has 9 nitrogen and oxygen atoms in total. The summed E-state index contributed by atoms with van der Waals surface area (Å²) in [4.78, 5) is 67.3. The van der Waals surface area contributed by atoms with E-state index in [0.717, 1.165) is 31.2 Å². The summed E-state index contributed by atoms with van der Waals surface area (Å²) in [5.74, 6) is 0.982. The molecule has 1 aliphatic heterocycles. The van der Waals surface area contributed by atoms with Gasteiger partial charge in [0.2, 0.25) is 5.91 Å². The van der Waals surface area contributed by atoms with Crippen LogP contribution in [0, 0.1) is 5.92 Å². The highest BCUT2D eigenvalue weighted by Gasteiger charge is 2.33. The first-order valence-corrected chi connectivity index (χ1v) is 9.33. The minimum atomic E-state index is -0.538. The van der Waals surface area contributed by atoms with Crippen LogP contribution in [0.25, 0.3) is 0 Å². The molecule has 0 bridgehead atoms. The van der Waals surface area contributed by atoms with E-state index in [0.29, 0.717) is 18.1 Å². The third-order valence-corrected chi connectivity index (χ3v) is 4.38. The third-order valence-electron chi connectivity index (χ3n) is 4.38. The Morgan fingerprint density at radius 1 is 1.00 bits per heavy atom. The van der Waals surface area contributed by atoms with Crippen LogP contribution >= 0.6 is 0 Å². The van der Waals surface area contributed by atoms with Crippen molar-refractivity contribution in [3.63, 3.8) is 0 Å². The molecule has 2 atom stereocenters. The summed E-state index contributed by atoms with van der Waals surface area (Å²) in [5, 5.41) is 0. The molecule has 1 saturated heterocycles. The first-order chi connectivity index (χ1) is 14.3. The zero-order valence-electron chi connectivity index (χ0n) is 17.0. The molecule has 2 amide bonds. The molecule has 1 aromatic carbocycles. The van der Waals surface area contributed by atoms with Crippen LogP contribution in [-0.4, -0.2) is 41.0 Å². The van der Waals surface area contributed by atoms with Gasteiger partial charge in [0.1, 0.15) is 12.4 Å². The summed E-state index contributed by atoms with van der Waals surface area (Å²) in [6.07, 6.45) is 3.91. The number of nitrogens with zero attached hydrogens (tertiary/aromatic N) is 1. The van der Waals surface area contributed by atoms with Crippen molar-refractivity contribution in [1.29, 1.82) is 0 Å². The molecule has 30 heavy (non-hydrogen) atoms. The first kappa shape index (κ1) is 26.6. The van der Waals surface area contributed by atoms with Crippen molar-refractivity contribution < 1.29 is 38.3 Å². The minimum absolute atomic E-state index is 0.0502. The van der Waals surface area contributed by atoms with Gasteiger partial charge in [-0.15, -0.1) is 0 Å². The van der Waals surface area contributed by atoms with Gasteiger partial charge in [0.05, 0.1) is 0 Å². The van der Waals surface area contributed by atoms with Gasteiger partial charge in [0, 0.05) is 25.3 Å². The number of hydrogen-bond donors (Lipinski definition) is 0. The standard InChI is InChI=1S/C13H15NO3.C6H10O.2CO2/c1-10-7-8-12(15)14(10)13(16)17-9-11-5-3-2-4-6-11;1-5-2-3-6(7)4-5;2*2-1-3/h2-6,10H,7-9H2,1H3;5H,2-4H2,1H3;;/t10-;5-;;/m00../s1. The smallest absolute Gasteiger partial charge is 0.417 e. The molecule has 1 heterocycles. The van der Waals surface area contributed by atoms with Crippen LogP contribution in [-0.2, 0) is 40.1 Å². The molecule has 9 heteroatoms. The predicted octanol–water partition coefficient (Wildman–Crippen LogP) is 2.54. The summed E-state index contributed by atoms with van der Waals surface area (Å²) >= 11 is 0. The lowest BCUT2D eigenvalue weighted by atomic mass is 10.1. The number of imide groups is 1. The largest absolute Gasteiger partial charge is 0.444 e. The van der Waals surface area contributed by atoms with Crippen LogP contribution in [0.5, 0.6) is 0 Å². The molecule has 0 spiro atoms. The summed E-state index contributed by atoms with van der Waals surface area (Å²) in [6.45, 7) is 4.19. The number of carbonyl (C=O) groups excluding carboxylic acids is 7. The van der Waals surface area contributed by atoms with Crippen molar-refractivity contribution in [3.05, 3.63) is 35.9 Å². The Labute approximate surface area is 174 Å². The number of likely N-dealkylation sites (tertiary alicyclic amines) is 1. The topological polar surface area (TPSA) is 132 Å². The molecule has 0 unspecified atom stereocenters. The quantitative estimate of drug-likeness (QED) is 0.714. The molecule has 1 saturated carbocycles. The number of Topliss-reactive ketones (excluding diaryl/α,β-unsaturated/α-hetero) is 1. The van der Waals surface area contributed by atoms with Crippen molar-refractivity contribution in [2.75, 3.05) is 0 Å². The minimum Gasteiger partial charge on any atom is -0.444 e. The Hall–Kier alpha value is -3.41. The van der Waals surface area contributed by atoms with Crippen molar-refractivity contribution in [1.82, 2.24) is 4.90 Å². The van der Waals surface area contributed by atoms with Gasteiger partial charge in [-0.3, -0.25) is 9.59 Å². The third kappa shape index (κ3) is 10.8. The number of rotatable bonds is 2. The number of ketones is 1. The van der Waals surface area contributed by atoms with Crippen LogP contribution in [0.1, 0.15) is 51.5 Å². The fourth-order valence-electron chi connectivity index (χ4n) is 2.90. The van der Waals surface area contributed by atoms with E-state index in [1.54, 1.807) is 0 Å². The van der Waals surface area contributed by atoms with Crippen LogP contribution in [0.2, 0.25) is 0 Å². The van der Waals surface area contributed by atoms with Crippen molar-refractivity contribution in [3.8, 4) is 0 Å². The molecule has 2 aliphatic rings. The fourth-order valence-corrected chi connectivity index (χ4v) is 2.90. The Balaban J connectivity index is 0.000000533. The highest BCUT2D eigenvalue weighted by molar-refractivity contribution is 5.94. The lowest BCUT2D eigenvalue weighted by molar-refractivity contribution is -0.193. The summed E-state index contributed by atoms with van der Waals surface area (Å²) < 4.78 is 5.12. The van der Waals surface area contributed by atoms with E-state index in [4.69, 9.17) is 23.9 Å². The van der Waals surface area contributed by atoms with Crippen molar-refractivity contribution >= 4 is 30.1 Å². The second-order valence-corrected chi connectivity index (χ2v) is 6.74. The van der Waals surface area contributed by atoms with Gasteiger partial charge in [-0.1, -0.05) is 37.3 Å². The maximum atomic E-state index is 11.7. The Bertz CT molecular complexity index is 738. The average Bonchev–Trinajstić information content (AvgIpc) is 3.26. The van der Waals surface area contributed by atoms with E-state index >= 15 is 0 Å². The maximum Gasteiger partial charge on any atom is 0.417 e. The molecule has 0 N–H and O–H groups in total. The van der Waals surface area contributed by atoms with Crippen LogP contribution in [0.15, 0.2) is 30.3 Å². The van der Waals surface area contributed by atoms with E-state index in [9.17, 15) is 14.4 Å². The Morgan fingerprint density at radius 3 is 1.93 bits per heavy atom. The van der Waals surface area contributed by atoms with E-state index in [1.165, 1.54) is 4.90 Å². The number of carbonyl (C=O) groups is 3. The van der Waals surface area contributed by atoms with Gasteiger partial charge in [-0.2, -0.15) is 19.2 Å². The molecule has 162 valence electrons. The van der Waals surface area contributed by atoms with E-state index < -0.39 is 6.09 Å². The van der Waals surface area contributed by atoms with Gasteiger partial charge in [-0.25, -0.2) is 9.69 Å². The fraction of sp³-hybridized carbons (Fsp3) is 0.476. The number of benzene rings is 1. The first-order valence-electron chi connectivity index (χ1n) is 9.33. The molecular formula is C21H25NO8. The lowest BCUT2D eigenvalue weighted by Crippen LogP contribution is -2.37. The van der Waals surface area contributed by atoms with Crippen LogP contribution < -0.4 is 0 Å². The van der Waals surface area contributed by atoms with Crippen molar-refractivity contribution in [2.45, 2.75) is 58.6 Å². The number of hydrogen-bond acceptors (Lipinski definition) is 8. The van der Waals surface area contributed by atoms with Crippen LogP contribution in [0.3, 0.4) is 0 Å². The van der Waals surface area contributed by atoms with Crippen LogP contribution in [0.4, 0.5) is 4.79 Å². The molecule has 0 radical (unpaired) electrons. The highest BCUT2D eigenvalue weighted by atomic mass is 16.6. The molecule has 0 aromatic heterocycles. The Kier molecular flexibility index (Phi) is 13.7. The van der Waals surface area contributed by atoms with Gasteiger partial charge < -0.3 is 4.74 Å². The second-order valence-electron chi connectivity index (χ2n) is 6.74. The number of amides is 2.